The number of carbonyl (C=O) groups excluding carboxylic acids is 1. The molecule has 0 saturated heterocycles. The van der Waals surface area contributed by atoms with Crippen molar-refractivity contribution in [3.05, 3.63) is 29.3 Å². The number of hydrogen-bond donors (Lipinski definition) is 2. The van der Waals surface area contributed by atoms with Gasteiger partial charge in [-0.25, -0.2) is 0 Å². The van der Waals surface area contributed by atoms with Gasteiger partial charge in [-0.05, 0) is 43.0 Å². The maximum atomic E-state index is 11.5. The van der Waals surface area contributed by atoms with Crippen LogP contribution in [-0.4, -0.2) is 29.6 Å². The molecule has 0 saturated carbocycles. The fourth-order valence-corrected chi connectivity index (χ4v) is 1.88. The Hall–Kier alpha value is -2.04. The van der Waals surface area contributed by atoms with Crippen LogP contribution in [0.25, 0.3) is 0 Å². The van der Waals surface area contributed by atoms with E-state index in [1.807, 2.05) is 25.1 Å². The van der Waals surface area contributed by atoms with Crippen LogP contribution in [0.1, 0.15) is 37.8 Å². The highest BCUT2D eigenvalue weighted by molar-refractivity contribution is 5.84. The van der Waals surface area contributed by atoms with Crippen LogP contribution in [0, 0.1) is 6.92 Å². The first kappa shape index (κ1) is 16.0. The van der Waals surface area contributed by atoms with Gasteiger partial charge in [-0.3, -0.25) is 9.59 Å². The van der Waals surface area contributed by atoms with E-state index in [1.165, 1.54) is 12.5 Å². The molecule has 0 unspecified atom stereocenters. The van der Waals surface area contributed by atoms with Crippen LogP contribution in [0.15, 0.2) is 18.2 Å². The van der Waals surface area contributed by atoms with E-state index in [0.717, 1.165) is 5.56 Å². The van der Waals surface area contributed by atoms with Crippen molar-refractivity contribution in [1.82, 2.24) is 5.32 Å². The number of benzene rings is 1. The molecule has 1 aromatic rings. The number of carbonyl (C=O) groups is 2. The molecule has 0 spiro atoms. The molecular formula is C15H21NO4. The number of hydrogen-bond acceptors (Lipinski definition) is 3. The highest BCUT2D eigenvalue weighted by Gasteiger charge is 2.14. The minimum atomic E-state index is -1.07. The maximum Gasteiger partial charge on any atom is 0.325 e. The fraction of sp³-hybridized carbons (Fsp3) is 0.467. The van der Waals surface area contributed by atoms with Gasteiger partial charge in [-0.1, -0.05) is 19.9 Å². The second-order valence-corrected chi connectivity index (χ2v) is 5.09. The molecule has 0 fully saturated rings. The maximum absolute atomic E-state index is 11.5. The first-order chi connectivity index (χ1) is 9.31. The summed E-state index contributed by atoms with van der Waals surface area (Å²) in [6.45, 7) is 7.43. The normalized spacial score (nSPS) is 12.1. The molecule has 1 atom stereocenters. The lowest BCUT2D eigenvalue weighted by Gasteiger charge is -2.13. The second kappa shape index (κ2) is 6.93. The predicted molar refractivity (Wildman–Crippen MR) is 76.0 cm³/mol. The summed E-state index contributed by atoms with van der Waals surface area (Å²) in [5.41, 5.74) is 2.35. The van der Waals surface area contributed by atoms with Crippen molar-refractivity contribution >= 4 is 11.9 Å². The molecule has 1 amide bonds. The monoisotopic (exact) mass is 279 g/mol. The summed E-state index contributed by atoms with van der Waals surface area (Å²) in [6, 6.07) is 4.75. The van der Waals surface area contributed by atoms with E-state index in [0.29, 0.717) is 11.7 Å². The Bertz CT molecular complexity index is 497. The molecule has 0 aliphatic heterocycles. The number of aryl methyl sites for hydroxylation is 1. The molecule has 110 valence electrons. The number of carboxylic acid groups (broad SMARTS) is 1. The highest BCUT2D eigenvalue weighted by atomic mass is 16.5. The van der Waals surface area contributed by atoms with Gasteiger partial charge in [0.05, 0.1) is 0 Å². The Morgan fingerprint density at radius 2 is 1.95 bits per heavy atom. The van der Waals surface area contributed by atoms with Crippen molar-refractivity contribution in [3.63, 3.8) is 0 Å². The Kier molecular flexibility index (Phi) is 5.55. The van der Waals surface area contributed by atoms with E-state index in [2.05, 4.69) is 19.2 Å². The van der Waals surface area contributed by atoms with Gasteiger partial charge in [-0.2, -0.15) is 0 Å². The van der Waals surface area contributed by atoms with E-state index < -0.39 is 17.9 Å². The van der Waals surface area contributed by atoms with Gasteiger partial charge < -0.3 is 15.2 Å². The number of amides is 1. The van der Waals surface area contributed by atoms with Crippen molar-refractivity contribution in [3.8, 4) is 5.75 Å². The molecule has 0 radical (unpaired) electrons. The number of aliphatic carboxylic acids is 1. The van der Waals surface area contributed by atoms with Crippen molar-refractivity contribution in [2.24, 2.45) is 0 Å². The van der Waals surface area contributed by atoms with E-state index >= 15 is 0 Å². The fourth-order valence-electron chi connectivity index (χ4n) is 1.88. The van der Waals surface area contributed by atoms with Crippen LogP contribution in [0.5, 0.6) is 5.75 Å². The number of carboxylic acids is 1. The lowest BCUT2D eigenvalue weighted by atomic mass is 9.98. The summed E-state index contributed by atoms with van der Waals surface area (Å²) in [7, 11) is 0. The number of rotatable bonds is 6. The lowest BCUT2D eigenvalue weighted by molar-refractivity contribution is -0.141. The van der Waals surface area contributed by atoms with Gasteiger partial charge in [0.15, 0.2) is 6.61 Å². The Balaban J connectivity index is 2.56. The average molecular weight is 279 g/mol. The third-order valence-electron chi connectivity index (χ3n) is 2.98. The van der Waals surface area contributed by atoms with Gasteiger partial charge in [0, 0.05) is 0 Å². The first-order valence-electron chi connectivity index (χ1n) is 6.56. The minimum absolute atomic E-state index is 0.196. The van der Waals surface area contributed by atoms with E-state index in [4.69, 9.17) is 9.84 Å². The molecule has 0 aliphatic carbocycles. The minimum Gasteiger partial charge on any atom is -0.484 e. The van der Waals surface area contributed by atoms with Crippen LogP contribution in [0.2, 0.25) is 0 Å². The van der Waals surface area contributed by atoms with Crippen molar-refractivity contribution < 1.29 is 19.4 Å². The molecule has 20 heavy (non-hydrogen) atoms. The molecule has 5 heteroatoms. The van der Waals surface area contributed by atoms with Crippen LogP contribution >= 0.6 is 0 Å². The Morgan fingerprint density at radius 3 is 2.45 bits per heavy atom. The van der Waals surface area contributed by atoms with Gasteiger partial charge >= 0.3 is 5.97 Å². The predicted octanol–water partition coefficient (Wildman–Crippen LogP) is 2.09. The van der Waals surface area contributed by atoms with Gasteiger partial charge in [0.25, 0.3) is 5.91 Å². The zero-order chi connectivity index (χ0) is 15.3. The first-order valence-corrected chi connectivity index (χ1v) is 6.56. The summed E-state index contributed by atoms with van der Waals surface area (Å²) >= 11 is 0. The summed E-state index contributed by atoms with van der Waals surface area (Å²) in [5.74, 6) is -0.491. The molecule has 0 aromatic heterocycles. The van der Waals surface area contributed by atoms with E-state index in [9.17, 15) is 9.59 Å². The third kappa shape index (κ3) is 4.57. The van der Waals surface area contributed by atoms with Gasteiger partial charge in [-0.15, -0.1) is 0 Å². The lowest BCUT2D eigenvalue weighted by Crippen LogP contribution is -2.40. The van der Waals surface area contributed by atoms with Gasteiger partial charge in [0.2, 0.25) is 0 Å². The van der Waals surface area contributed by atoms with Crippen molar-refractivity contribution in [2.45, 2.75) is 39.7 Å². The van der Waals surface area contributed by atoms with Crippen LogP contribution in [0.3, 0.4) is 0 Å². The quantitative estimate of drug-likeness (QED) is 0.836. The molecule has 1 rings (SSSR count). The Morgan fingerprint density at radius 1 is 1.30 bits per heavy atom. The average Bonchev–Trinajstić information content (AvgIpc) is 2.35. The number of nitrogens with one attached hydrogen (secondary N) is 1. The van der Waals surface area contributed by atoms with Crippen LogP contribution < -0.4 is 10.1 Å². The van der Waals surface area contributed by atoms with Crippen molar-refractivity contribution in [1.29, 1.82) is 0 Å². The molecule has 5 nitrogen and oxygen atoms in total. The smallest absolute Gasteiger partial charge is 0.325 e. The molecule has 1 aromatic carbocycles. The largest absolute Gasteiger partial charge is 0.484 e. The molecule has 0 aliphatic rings. The summed E-state index contributed by atoms with van der Waals surface area (Å²) in [6.07, 6.45) is 0. The van der Waals surface area contributed by atoms with Crippen molar-refractivity contribution in [2.75, 3.05) is 6.61 Å². The second-order valence-electron chi connectivity index (χ2n) is 5.09. The SMILES string of the molecule is Cc1cc(OCC(=O)N[C@H](C)C(=O)O)ccc1C(C)C. The van der Waals surface area contributed by atoms with Crippen LogP contribution in [0.4, 0.5) is 0 Å². The van der Waals surface area contributed by atoms with Gasteiger partial charge in [0.1, 0.15) is 11.8 Å². The molecule has 0 bridgehead atoms. The molecular weight excluding hydrogens is 258 g/mol. The number of ether oxygens (including phenoxy) is 1. The summed E-state index contributed by atoms with van der Waals surface area (Å²) in [5, 5.41) is 11.0. The van der Waals surface area contributed by atoms with Crippen LogP contribution in [-0.2, 0) is 9.59 Å². The Labute approximate surface area is 118 Å². The van der Waals surface area contributed by atoms with E-state index in [1.54, 1.807) is 0 Å². The third-order valence-corrected chi connectivity index (χ3v) is 2.98. The van der Waals surface area contributed by atoms with E-state index in [-0.39, 0.29) is 6.61 Å². The summed E-state index contributed by atoms with van der Waals surface area (Å²) < 4.78 is 5.36. The highest BCUT2D eigenvalue weighted by Crippen LogP contribution is 2.23. The zero-order valence-corrected chi connectivity index (χ0v) is 12.3. The molecule has 0 heterocycles. The zero-order valence-electron chi connectivity index (χ0n) is 12.3. The summed E-state index contributed by atoms with van der Waals surface area (Å²) in [4.78, 5) is 22.1. The molecule has 2 N–H and O–H groups in total. The standard InChI is InChI=1S/C15H21NO4/c1-9(2)13-6-5-12(7-10(13)3)20-8-14(17)16-11(4)15(18)19/h5-7,9,11H,8H2,1-4H3,(H,16,17)(H,18,19)/t11-/m1/s1. The topological polar surface area (TPSA) is 75.6 Å².